The lowest BCUT2D eigenvalue weighted by Gasteiger charge is -2.38. The van der Waals surface area contributed by atoms with E-state index in [1.807, 2.05) is 18.2 Å². The molecule has 3 N–H and O–H groups in total. The number of hydrogen-bond donors (Lipinski definition) is 2. The minimum Gasteiger partial charge on any atom is -0.486 e. The summed E-state index contributed by atoms with van der Waals surface area (Å²) in [6, 6.07) is 5.88. The van der Waals surface area contributed by atoms with Crippen LogP contribution in [-0.2, 0) is 0 Å². The van der Waals surface area contributed by atoms with E-state index in [1.54, 1.807) is 0 Å². The first kappa shape index (κ1) is 15.1. The number of benzene rings is 1. The third kappa shape index (κ3) is 3.07. The maximum atomic E-state index is 9.90. The normalized spacial score (nSPS) is 19.7. The van der Waals surface area contributed by atoms with Crippen molar-refractivity contribution in [3.63, 3.8) is 0 Å². The summed E-state index contributed by atoms with van der Waals surface area (Å²) >= 11 is 0. The molecule has 4 nitrogen and oxygen atoms in total. The van der Waals surface area contributed by atoms with Crippen LogP contribution in [0, 0.1) is 5.92 Å². The monoisotopic (exact) mass is 278 g/mol. The van der Waals surface area contributed by atoms with Gasteiger partial charge in [0, 0.05) is 13.1 Å². The molecule has 0 saturated carbocycles. The molecular weight excluding hydrogens is 252 g/mol. The fourth-order valence-electron chi connectivity index (χ4n) is 2.57. The van der Waals surface area contributed by atoms with Gasteiger partial charge in [0.2, 0.25) is 0 Å². The van der Waals surface area contributed by atoms with Crippen LogP contribution in [0.1, 0.15) is 38.9 Å². The predicted molar refractivity (Wildman–Crippen MR) is 82.2 cm³/mol. The van der Waals surface area contributed by atoms with E-state index in [9.17, 15) is 5.11 Å². The van der Waals surface area contributed by atoms with Crippen molar-refractivity contribution >= 4 is 5.69 Å². The van der Waals surface area contributed by atoms with E-state index in [-0.39, 0.29) is 12.6 Å². The van der Waals surface area contributed by atoms with Crippen LogP contribution in [0.3, 0.4) is 0 Å². The molecule has 4 heteroatoms. The quantitative estimate of drug-likeness (QED) is 0.868. The molecule has 0 bridgehead atoms. The summed E-state index contributed by atoms with van der Waals surface area (Å²) in [6.45, 7) is 8.70. The molecule has 0 spiro atoms. The van der Waals surface area contributed by atoms with E-state index in [2.05, 4.69) is 25.7 Å². The Morgan fingerprint density at radius 1 is 1.45 bits per heavy atom. The Morgan fingerprint density at radius 3 is 2.80 bits per heavy atom. The highest BCUT2D eigenvalue weighted by atomic mass is 16.5. The van der Waals surface area contributed by atoms with E-state index in [4.69, 9.17) is 10.5 Å². The van der Waals surface area contributed by atoms with Crippen molar-refractivity contribution in [1.82, 2.24) is 0 Å². The third-order valence-corrected chi connectivity index (χ3v) is 3.85. The molecule has 0 saturated heterocycles. The van der Waals surface area contributed by atoms with Gasteiger partial charge >= 0.3 is 0 Å². The molecule has 2 atom stereocenters. The van der Waals surface area contributed by atoms with Crippen LogP contribution in [-0.4, -0.2) is 30.8 Å². The second kappa shape index (κ2) is 6.46. The van der Waals surface area contributed by atoms with Gasteiger partial charge in [-0.3, -0.25) is 0 Å². The summed E-state index contributed by atoms with van der Waals surface area (Å²) in [7, 11) is 0. The van der Waals surface area contributed by atoms with Crippen LogP contribution in [0.2, 0.25) is 0 Å². The minimum absolute atomic E-state index is 0.222. The fourth-order valence-corrected chi connectivity index (χ4v) is 2.57. The number of nitrogens with two attached hydrogens (primary N) is 1. The standard InChI is InChI=1S/C16H26N2O2/c1-4-7-18-10-16(11(2)3)20-15-6-5-12(8-13(15)18)14(19)9-17/h5-6,8,11,14,16,19H,4,7,9-10,17H2,1-3H3. The van der Waals surface area contributed by atoms with Crippen LogP contribution in [0.25, 0.3) is 0 Å². The van der Waals surface area contributed by atoms with Crippen LogP contribution in [0.15, 0.2) is 18.2 Å². The number of fused-ring (bicyclic) bond motifs is 1. The summed E-state index contributed by atoms with van der Waals surface area (Å²) in [5.41, 5.74) is 7.48. The van der Waals surface area contributed by atoms with Crippen molar-refractivity contribution in [1.29, 1.82) is 0 Å². The Hall–Kier alpha value is -1.26. The maximum absolute atomic E-state index is 9.90. The molecule has 112 valence electrons. The van der Waals surface area contributed by atoms with Crippen LogP contribution < -0.4 is 15.4 Å². The molecule has 20 heavy (non-hydrogen) atoms. The molecule has 2 rings (SSSR count). The highest BCUT2D eigenvalue weighted by Crippen LogP contribution is 2.37. The molecular formula is C16H26N2O2. The number of hydrogen-bond acceptors (Lipinski definition) is 4. The van der Waals surface area contributed by atoms with Gasteiger partial charge in [0.25, 0.3) is 0 Å². The van der Waals surface area contributed by atoms with Crippen molar-refractivity contribution in [2.24, 2.45) is 11.7 Å². The molecule has 1 heterocycles. The number of aliphatic hydroxyl groups is 1. The molecule has 0 aliphatic carbocycles. The Labute approximate surface area is 121 Å². The van der Waals surface area contributed by atoms with Gasteiger partial charge in [0.05, 0.1) is 18.3 Å². The van der Waals surface area contributed by atoms with Gasteiger partial charge in [0.15, 0.2) is 0 Å². The first-order valence-electron chi connectivity index (χ1n) is 7.50. The number of aliphatic hydroxyl groups excluding tert-OH is 1. The van der Waals surface area contributed by atoms with Gasteiger partial charge < -0.3 is 20.5 Å². The molecule has 1 aromatic carbocycles. The summed E-state index contributed by atoms with van der Waals surface area (Å²) in [6.07, 6.45) is 0.708. The number of rotatable bonds is 5. The highest BCUT2D eigenvalue weighted by Gasteiger charge is 2.27. The largest absolute Gasteiger partial charge is 0.486 e. The lowest BCUT2D eigenvalue weighted by atomic mass is 10.0. The Bertz CT molecular complexity index is 448. The van der Waals surface area contributed by atoms with Gasteiger partial charge in [-0.15, -0.1) is 0 Å². The lowest BCUT2D eigenvalue weighted by molar-refractivity contribution is 0.145. The Morgan fingerprint density at radius 2 is 2.20 bits per heavy atom. The number of ether oxygens (including phenoxy) is 1. The van der Waals surface area contributed by atoms with E-state index in [1.165, 1.54) is 0 Å². The van der Waals surface area contributed by atoms with Crippen molar-refractivity contribution in [3.05, 3.63) is 23.8 Å². The summed E-state index contributed by atoms with van der Waals surface area (Å²) in [4.78, 5) is 2.36. The second-order valence-corrected chi connectivity index (χ2v) is 5.82. The molecule has 0 amide bonds. The zero-order valence-electron chi connectivity index (χ0n) is 12.7. The van der Waals surface area contributed by atoms with E-state index in [0.29, 0.717) is 5.92 Å². The van der Waals surface area contributed by atoms with Crippen molar-refractivity contribution in [2.75, 3.05) is 24.5 Å². The third-order valence-electron chi connectivity index (χ3n) is 3.85. The number of anilines is 1. The average Bonchev–Trinajstić information content (AvgIpc) is 2.46. The first-order valence-corrected chi connectivity index (χ1v) is 7.50. The zero-order valence-corrected chi connectivity index (χ0v) is 12.7. The van der Waals surface area contributed by atoms with Gasteiger partial charge in [-0.2, -0.15) is 0 Å². The first-order chi connectivity index (χ1) is 9.56. The summed E-state index contributed by atoms with van der Waals surface area (Å²) < 4.78 is 6.08. The SMILES string of the molecule is CCCN1CC(C(C)C)Oc2ccc(C(O)CN)cc21. The smallest absolute Gasteiger partial charge is 0.143 e. The Kier molecular flexibility index (Phi) is 4.89. The van der Waals surface area contributed by atoms with Gasteiger partial charge in [-0.05, 0) is 30.0 Å². The van der Waals surface area contributed by atoms with Crippen LogP contribution in [0.5, 0.6) is 5.75 Å². The van der Waals surface area contributed by atoms with Gasteiger partial charge in [-0.1, -0.05) is 26.8 Å². The highest BCUT2D eigenvalue weighted by molar-refractivity contribution is 5.62. The van der Waals surface area contributed by atoms with E-state index >= 15 is 0 Å². The zero-order chi connectivity index (χ0) is 14.7. The minimum atomic E-state index is -0.605. The van der Waals surface area contributed by atoms with Crippen LogP contribution >= 0.6 is 0 Å². The van der Waals surface area contributed by atoms with Crippen LogP contribution in [0.4, 0.5) is 5.69 Å². The lowest BCUT2D eigenvalue weighted by Crippen LogP contribution is -2.43. The molecule has 1 aliphatic heterocycles. The summed E-state index contributed by atoms with van der Waals surface area (Å²) in [5.74, 6) is 1.40. The van der Waals surface area contributed by atoms with E-state index < -0.39 is 6.10 Å². The van der Waals surface area contributed by atoms with Crippen molar-refractivity contribution in [3.8, 4) is 5.75 Å². The molecule has 0 aromatic heterocycles. The fraction of sp³-hybridized carbons (Fsp3) is 0.625. The molecule has 1 aromatic rings. The molecule has 1 aliphatic rings. The Balaban J connectivity index is 2.32. The van der Waals surface area contributed by atoms with Gasteiger partial charge in [0.1, 0.15) is 11.9 Å². The van der Waals surface area contributed by atoms with E-state index in [0.717, 1.165) is 36.5 Å². The van der Waals surface area contributed by atoms with Gasteiger partial charge in [-0.25, -0.2) is 0 Å². The van der Waals surface area contributed by atoms with Crippen molar-refractivity contribution in [2.45, 2.75) is 39.4 Å². The second-order valence-electron chi connectivity index (χ2n) is 5.82. The molecule has 0 radical (unpaired) electrons. The predicted octanol–water partition coefficient (Wildman–Crippen LogP) is 2.31. The topological polar surface area (TPSA) is 58.7 Å². The summed E-state index contributed by atoms with van der Waals surface area (Å²) in [5, 5.41) is 9.90. The maximum Gasteiger partial charge on any atom is 0.143 e. The average molecular weight is 278 g/mol. The molecule has 2 unspecified atom stereocenters. The number of nitrogens with zero attached hydrogens (tertiary/aromatic N) is 1. The van der Waals surface area contributed by atoms with Crippen molar-refractivity contribution < 1.29 is 9.84 Å². The molecule has 0 fully saturated rings.